The molecule has 1 saturated heterocycles. The fourth-order valence-electron chi connectivity index (χ4n) is 3.30. The molecular weight excluding hydrogens is 338 g/mol. The third kappa shape index (κ3) is 5.47. The molecule has 1 N–H and O–H groups in total. The van der Waals surface area contributed by atoms with Crippen molar-refractivity contribution in [2.24, 2.45) is 0 Å². The molecule has 3 rings (SSSR count). The van der Waals surface area contributed by atoms with Gasteiger partial charge in [0, 0.05) is 31.4 Å². The minimum atomic E-state index is -0.0476. The summed E-state index contributed by atoms with van der Waals surface area (Å²) in [7, 11) is 4.01. The number of hydrogen-bond acceptors (Lipinski definition) is 4. The maximum atomic E-state index is 12.8. The molecule has 0 saturated carbocycles. The second kappa shape index (κ2) is 9.42. The van der Waals surface area contributed by atoms with E-state index < -0.39 is 0 Å². The Morgan fingerprint density at radius 1 is 1.07 bits per heavy atom. The number of rotatable bonds is 7. The number of benzene rings is 2. The van der Waals surface area contributed by atoms with Crippen LogP contribution in [-0.4, -0.2) is 57.2 Å². The lowest BCUT2D eigenvalue weighted by molar-refractivity contribution is 0.0926. The molecule has 0 atom stereocenters. The number of anilines is 1. The molecule has 1 amide bonds. The average molecular weight is 367 g/mol. The molecule has 5 heteroatoms. The average Bonchev–Trinajstić information content (AvgIpc) is 2.69. The number of carbonyl (C=O) groups excluding carboxylic acids is 1. The van der Waals surface area contributed by atoms with Gasteiger partial charge in [-0.2, -0.15) is 0 Å². The molecule has 27 heavy (non-hydrogen) atoms. The zero-order chi connectivity index (χ0) is 19.1. The van der Waals surface area contributed by atoms with Crippen LogP contribution in [0.1, 0.15) is 23.2 Å². The standard InChI is InChI=1S/C22H29N3O2/c1-24(2)16-17-27-21-11-7-6-10-20(21)22(26)23-18-12-14-25(15-13-18)19-8-4-3-5-9-19/h3-11,18H,12-17H2,1-2H3,(H,23,26). The van der Waals surface area contributed by atoms with Crippen LogP contribution in [-0.2, 0) is 0 Å². The van der Waals surface area contributed by atoms with Crippen LogP contribution in [0, 0.1) is 0 Å². The van der Waals surface area contributed by atoms with E-state index in [0.717, 1.165) is 32.5 Å². The van der Waals surface area contributed by atoms with Crippen LogP contribution in [0.5, 0.6) is 5.75 Å². The van der Waals surface area contributed by atoms with Gasteiger partial charge < -0.3 is 19.9 Å². The number of nitrogens with one attached hydrogen (secondary N) is 1. The Labute approximate surface area is 161 Å². The summed E-state index contributed by atoms with van der Waals surface area (Å²) in [5.74, 6) is 0.604. The smallest absolute Gasteiger partial charge is 0.255 e. The summed E-state index contributed by atoms with van der Waals surface area (Å²) < 4.78 is 5.82. The molecule has 0 unspecified atom stereocenters. The number of nitrogens with zero attached hydrogens (tertiary/aromatic N) is 2. The number of amides is 1. The fourth-order valence-corrected chi connectivity index (χ4v) is 3.30. The third-order valence-corrected chi connectivity index (χ3v) is 4.88. The van der Waals surface area contributed by atoms with E-state index in [4.69, 9.17) is 4.74 Å². The summed E-state index contributed by atoms with van der Waals surface area (Å²) in [5.41, 5.74) is 1.86. The van der Waals surface area contributed by atoms with E-state index in [1.165, 1.54) is 5.69 Å². The van der Waals surface area contributed by atoms with E-state index in [-0.39, 0.29) is 11.9 Å². The molecule has 2 aromatic rings. The number of carbonyl (C=O) groups is 1. The molecule has 144 valence electrons. The highest BCUT2D eigenvalue weighted by molar-refractivity contribution is 5.97. The molecular formula is C22H29N3O2. The van der Waals surface area contributed by atoms with E-state index in [1.54, 1.807) is 0 Å². The van der Waals surface area contributed by atoms with Crippen molar-refractivity contribution in [1.29, 1.82) is 0 Å². The summed E-state index contributed by atoms with van der Waals surface area (Å²) in [6, 6.07) is 18.1. The van der Waals surface area contributed by atoms with Gasteiger partial charge in [-0.3, -0.25) is 4.79 Å². The first-order valence-corrected chi connectivity index (χ1v) is 9.61. The fraction of sp³-hybridized carbons (Fsp3) is 0.409. The lowest BCUT2D eigenvalue weighted by Crippen LogP contribution is -2.44. The van der Waals surface area contributed by atoms with Crippen LogP contribution in [0.4, 0.5) is 5.69 Å². The van der Waals surface area contributed by atoms with E-state index in [0.29, 0.717) is 17.9 Å². The van der Waals surface area contributed by atoms with E-state index in [1.807, 2.05) is 44.4 Å². The minimum Gasteiger partial charge on any atom is -0.491 e. The van der Waals surface area contributed by atoms with Gasteiger partial charge in [0.25, 0.3) is 5.91 Å². The van der Waals surface area contributed by atoms with Gasteiger partial charge in [-0.25, -0.2) is 0 Å². The summed E-state index contributed by atoms with van der Waals surface area (Å²) in [5, 5.41) is 3.19. The summed E-state index contributed by atoms with van der Waals surface area (Å²) >= 11 is 0. The van der Waals surface area contributed by atoms with Crippen molar-refractivity contribution in [3.63, 3.8) is 0 Å². The molecule has 5 nitrogen and oxygen atoms in total. The number of para-hydroxylation sites is 2. The summed E-state index contributed by atoms with van der Waals surface area (Å²) in [6.07, 6.45) is 1.90. The van der Waals surface area contributed by atoms with Gasteiger partial charge in [0.05, 0.1) is 5.56 Å². The highest BCUT2D eigenvalue weighted by Gasteiger charge is 2.22. The van der Waals surface area contributed by atoms with Gasteiger partial charge in [-0.15, -0.1) is 0 Å². The van der Waals surface area contributed by atoms with Crippen molar-refractivity contribution in [3.05, 3.63) is 60.2 Å². The van der Waals surface area contributed by atoms with Crippen LogP contribution < -0.4 is 15.0 Å². The van der Waals surface area contributed by atoms with E-state index in [2.05, 4.69) is 39.4 Å². The first-order chi connectivity index (χ1) is 13.1. The SMILES string of the molecule is CN(C)CCOc1ccccc1C(=O)NC1CCN(c2ccccc2)CC1. The molecule has 0 aliphatic carbocycles. The molecule has 2 aromatic carbocycles. The molecule has 1 aliphatic rings. The Bertz CT molecular complexity index is 725. The molecule has 0 bridgehead atoms. The lowest BCUT2D eigenvalue weighted by Gasteiger charge is -2.34. The topological polar surface area (TPSA) is 44.8 Å². The van der Waals surface area contributed by atoms with Crippen LogP contribution in [0.2, 0.25) is 0 Å². The Hall–Kier alpha value is -2.53. The summed E-state index contributed by atoms with van der Waals surface area (Å²) in [4.78, 5) is 17.2. The maximum Gasteiger partial charge on any atom is 0.255 e. The predicted octanol–water partition coefficient (Wildman–Crippen LogP) is 3.03. The normalized spacial score (nSPS) is 15.0. The Balaban J connectivity index is 1.54. The first kappa shape index (κ1) is 19.2. The van der Waals surface area contributed by atoms with Crippen molar-refractivity contribution in [3.8, 4) is 5.75 Å². The van der Waals surface area contributed by atoms with Crippen molar-refractivity contribution in [2.45, 2.75) is 18.9 Å². The lowest BCUT2D eigenvalue weighted by atomic mass is 10.0. The number of likely N-dealkylation sites (N-methyl/N-ethyl adjacent to an activating group) is 1. The summed E-state index contributed by atoms with van der Waals surface area (Å²) in [6.45, 7) is 3.28. The zero-order valence-electron chi connectivity index (χ0n) is 16.2. The third-order valence-electron chi connectivity index (χ3n) is 4.88. The zero-order valence-corrected chi connectivity index (χ0v) is 16.2. The van der Waals surface area contributed by atoms with Gasteiger partial charge in [0.2, 0.25) is 0 Å². The van der Waals surface area contributed by atoms with Crippen LogP contribution in [0.25, 0.3) is 0 Å². The number of piperidine rings is 1. The molecule has 1 fully saturated rings. The van der Waals surface area contributed by atoms with Crippen molar-refractivity contribution in [1.82, 2.24) is 10.2 Å². The van der Waals surface area contributed by atoms with Crippen LogP contribution >= 0.6 is 0 Å². The van der Waals surface area contributed by atoms with E-state index >= 15 is 0 Å². The van der Waals surface area contributed by atoms with Gasteiger partial charge in [-0.1, -0.05) is 30.3 Å². The molecule has 1 aliphatic heterocycles. The Morgan fingerprint density at radius 2 is 1.74 bits per heavy atom. The van der Waals surface area contributed by atoms with Gasteiger partial charge in [0.1, 0.15) is 12.4 Å². The molecule has 0 spiro atoms. The van der Waals surface area contributed by atoms with Gasteiger partial charge >= 0.3 is 0 Å². The highest BCUT2D eigenvalue weighted by Crippen LogP contribution is 2.21. The first-order valence-electron chi connectivity index (χ1n) is 9.61. The van der Waals surface area contributed by atoms with Crippen molar-refractivity contribution < 1.29 is 9.53 Å². The van der Waals surface area contributed by atoms with Crippen molar-refractivity contribution >= 4 is 11.6 Å². The Kier molecular flexibility index (Phi) is 6.71. The quantitative estimate of drug-likeness (QED) is 0.817. The van der Waals surface area contributed by atoms with Crippen LogP contribution in [0.15, 0.2) is 54.6 Å². The predicted molar refractivity (Wildman–Crippen MR) is 110 cm³/mol. The highest BCUT2D eigenvalue weighted by atomic mass is 16.5. The molecule has 0 radical (unpaired) electrons. The van der Waals surface area contributed by atoms with Gasteiger partial charge in [-0.05, 0) is 51.2 Å². The maximum absolute atomic E-state index is 12.8. The monoisotopic (exact) mass is 367 g/mol. The molecule has 1 heterocycles. The molecule has 0 aromatic heterocycles. The number of ether oxygens (including phenoxy) is 1. The van der Waals surface area contributed by atoms with E-state index in [9.17, 15) is 4.79 Å². The van der Waals surface area contributed by atoms with Crippen LogP contribution in [0.3, 0.4) is 0 Å². The minimum absolute atomic E-state index is 0.0476. The Morgan fingerprint density at radius 3 is 2.44 bits per heavy atom. The largest absolute Gasteiger partial charge is 0.491 e. The van der Waals surface area contributed by atoms with Crippen molar-refractivity contribution in [2.75, 3.05) is 45.2 Å². The second-order valence-corrected chi connectivity index (χ2v) is 7.22. The number of hydrogen-bond donors (Lipinski definition) is 1. The second-order valence-electron chi connectivity index (χ2n) is 7.22. The van der Waals surface area contributed by atoms with Gasteiger partial charge in [0.15, 0.2) is 0 Å².